The zero-order chi connectivity index (χ0) is 16.9. The van der Waals surface area contributed by atoms with E-state index < -0.39 is 10.0 Å². The monoisotopic (exact) mass is 348 g/mol. The second kappa shape index (κ2) is 5.85. The van der Waals surface area contributed by atoms with E-state index in [0.717, 1.165) is 37.1 Å². The molecule has 0 aromatic heterocycles. The molecule has 3 atom stereocenters. The van der Waals surface area contributed by atoms with Crippen LogP contribution in [0, 0.1) is 18.8 Å². The zero-order valence-electron chi connectivity index (χ0n) is 14.0. The van der Waals surface area contributed by atoms with E-state index in [1.165, 1.54) is 12.8 Å². The van der Waals surface area contributed by atoms with E-state index in [4.69, 9.17) is 0 Å². The number of nitrogens with zero attached hydrogens (tertiary/aromatic N) is 1. The lowest BCUT2D eigenvalue weighted by Gasteiger charge is -2.23. The van der Waals surface area contributed by atoms with Crippen molar-refractivity contribution >= 4 is 21.6 Å². The number of aryl methyl sites for hydroxylation is 1. The number of carbonyl (C=O) groups excluding carboxylic acids is 1. The van der Waals surface area contributed by atoms with E-state index >= 15 is 0 Å². The van der Waals surface area contributed by atoms with Crippen LogP contribution in [0.4, 0.5) is 5.69 Å². The summed E-state index contributed by atoms with van der Waals surface area (Å²) in [7, 11) is -3.50. The molecule has 2 saturated carbocycles. The van der Waals surface area contributed by atoms with Gasteiger partial charge in [0.25, 0.3) is 0 Å². The maximum Gasteiger partial charge on any atom is 0.240 e. The minimum Gasteiger partial charge on any atom is -0.312 e. The van der Waals surface area contributed by atoms with E-state index in [2.05, 4.69) is 4.72 Å². The number of rotatable bonds is 4. The van der Waals surface area contributed by atoms with Gasteiger partial charge in [0.15, 0.2) is 0 Å². The molecule has 1 aromatic rings. The highest BCUT2D eigenvalue weighted by atomic mass is 32.2. The summed E-state index contributed by atoms with van der Waals surface area (Å²) in [5.74, 6) is 1.33. The Hall–Kier alpha value is -1.40. The van der Waals surface area contributed by atoms with Gasteiger partial charge in [-0.05, 0) is 68.2 Å². The van der Waals surface area contributed by atoms with Gasteiger partial charge in [0, 0.05) is 24.7 Å². The number of hydrogen-bond donors (Lipinski definition) is 1. The molecule has 1 saturated heterocycles. The van der Waals surface area contributed by atoms with E-state index in [1.54, 1.807) is 23.1 Å². The summed E-state index contributed by atoms with van der Waals surface area (Å²) in [5, 5.41) is 0. The Balaban J connectivity index is 1.55. The fraction of sp³-hybridized carbons (Fsp3) is 0.611. The third-order valence-corrected chi connectivity index (χ3v) is 7.37. The summed E-state index contributed by atoms with van der Waals surface area (Å²) in [5.41, 5.74) is 1.66. The van der Waals surface area contributed by atoms with E-state index in [9.17, 15) is 13.2 Å². The summed E-state index contributed by atoms with van der Waals surface area (Å²) in [6, 6.07) is 5.18. The van der Waals surface area contributed by atoms with Crippen LogP contribution in [-0.4, -0.2) is 26.9 Å². The van der Waals surface area contributed by atoms with Crippen molar-refractivity contribution in [3.8, 4) is 0 Å². The van der Waals surface area contributed by atoms with Gasteiger partial charge in [0.1, 0.15) is 0 Å². The predicted octanol–water partition coefficient (Wildman–Crippen LogP) is 2.59. The Morgan fingerprint density at radius 3 is 2.62 bits per heavy atom. The quantitative estimate of drug-likeness (QED) is 0.909. The number of sulfonamides is 1. The molecule has 1 aromatic carbocycles. The minimum absolute atomic E-state index is 0.0916. The van der Waals surface area contributed by atoms with Gasteiger partial charge in [0.2, 0.25) is 15.9 Å². The highest BCUT2D eigenvalue weighted by molar-refractivity contribution is 7.89. The first-order valence-electron chi connectivity index (χ1n) is 8.87. The van der Waals surface area contributed by atoms with Crippen LogP contribution in [0.2, 0.25) is 0 Å². The third-order valence-electron chi connectivity index (χ3n) is 5.89. The van der Waals surface area contributed by atoms with Crippen LogP contribution in [0.25, 0.3) is 0 Å². The van der Waals surface area contributed by atoms with Gasteiger partial charge in [-0.1, -0.05) is 6.42 Å². The van der Waals surface area contributed by atoms with E-state index in [-0.39, 0.29) is 11.9 Å². The molecule has 1 aliphatic heterocycles. The molecule has 2 aliphatic carbocycles. The van der Waals surface area contributed by atoms with E-state index in [0.29, 0.717) is 23.2 Å². The van der Waals surface area contributed by atoms with Crippen molar-refractivity contribution in [2.75, 3.05) is 11.4 Å². The molecule has 24 heavy (non-hydrogen) atoms. The highest BCUT2D eigenvalue weighted by Crippen LogP contribution is 2.44. The maximum atomic E-state index is 12.7. The topological polar surface area (TPSA) is 66.5 Å². The molecule has 1 N–H and O–H groups in total. The third kappa shape index (κ3) is 2.75. The minimum atomic E-state index is -3.50. The van der Waals surface area contributed by atoms with Gasteiger partial charge in [-0.25, -0.2) is 13.1 Å². The first-order valence-corrected chi connectivity index (χ1v) is 10.4. The van der Waals surface area contributed by atoms with Gasteiger partial charge in [0.05, 0.1) is 4.90 Å². The Labute approximate surface area is 143 Å². The number of nitrogens with one attached hydrogen (secondary N) is 1. The Kier molecular flexibility index (Phi) is 3.92. The molecule has 4 rings (SSSR count). The Morgan fingerprint density at radius 1 is 1.21 bits per heavy atom. The lowest BCUT2D eigenvalue weighted by molar-refractivity contribution is -0.117. The maximum absolute atomic E-state index is 12.7. The Morgan fingerprint density at radius 2 is 2.04 bits per heavy atom. The van der Waals surface area contributed by atoms with Gasteiger partial charge < -0.3 is 4.90 Å². The average Bonchev–Trinajstić information content (AvgIpc) is 3.24. The molecule has 130 valence electrons. The SMILES string of the molecule is Cc1cc(S(=O)(=O)N[C@@H]2C[C@@H]3CC[C@@H]2C3)ccc1N1CCCC1=O. The molecular weight excluding hydrogens is 324 g/mol. The fourth-order valence-electron chi connectivity index (χ4n) is 4.66. The zero-order valence-corrected chi connectivity index (χ0v) is 14.8. The Bertz CT molecular complexity index is 774. The normalized spacial score (nSPS) is 29.6. The molecule has 2 bridgehead atoms. The van der Waals surface area contributed by atoms with Gasteiger partial charge >= 0.3 is 0 Å². The first-order chi connectivity index (χ1) is 11.4. The molecule has 3 fully saturated rings. The molecule has 1 heterocycles. The summed E-state index contributed by atoms with van der Waals surface area (Å²) < 4.78 is 28.4. The highest BCUT2D eigenvalue weighted by Gasteiger charge is 2.41. The van der Waals surface area contributed by atoms with Crippen molar-refractivity contribution < 1.29 is 13.2 Å². The molecule has 0 spiro atoms. The van der Waals surface area contributed by atoms with Crippen LogP contribution < -0.4 is 9.62 Å². The number of hydrogen-bond acceptors (Lipinski definition) is 3. The van der Waals surface area contributed by atoms with Crippen molar-refractivity contribution in [2.24, 2.45) is 11.8 Å². The predicted molar refractivity (Wildman–Crippen MR) is 92.3 cm³/mol. The summed E-state index contributed by atoms with van der Waals surface area (Å²) in [6.07, 6.45) is 5.98. The summed E-state index contributed by atoms with van der Waals surface area (Å²) >= 11 is 0. The second-order valence-electron chi connectivity index (χ2n) is 7.50. The largest absolute Gasteiger partial charge is 0.312 e. The number of benzene rings is 1. The second-order valence-corrected chi connectivity index (χ2v) is 9.21. The standard InChI is InChI=1S/C18H24N2O3S/c1-12-9-15(6-7-17(12)20-8-2-3-18(20)21)24(22,23)19-16-11-13-4-5-14(16)10-13/h6-7,9,13-14,16,19H,2-5,8,10-11H2,1H3/t13-,14-,16-/m1/s1. The van der Waals surface area contributed by atoms with Crippen molar-refractivity contribution in [3.63, 3.8) is 0 Å². The van der Waals surface area contributed by atoms with Crippen LogP contribution in [0.1, 0.15) is 44.1 Å². The lowest BCUT2D eigenvalue weighted by atomic mass is 9.96. The molecule has 0 unspecified atom stereocenters. The van der Waals surface area contributed by atoms with Crippen LogP contribution in [0.3, 0.4) is 0 Å². The smallest absolute Gasteiger partial charge is 0.240 e. The molecule has 6 heteroatoms. The van der Waals surface area contributed by atoms with Gasteiger partial charge in [-0.3, -0.25) is 4.79 Å². The van der Waals surface area contributed by atoms with Crippen LogP contribution >= 0.6 is 0 Å². The van der Waals surface area contributed by atoms with Gasteiger partial charge in [-0.2, -0.15) is 0 Å². The van der Waals surface area contributed by atoms with E-state index in [1.807, 2.05) is 6.92 Å². The number of anilines is 1. The lowest BCUT2D eigenvalue weighted by Crippen LogP contribution is -2.38. The van der Waals surface area contributed by atoms with Crippen molar-refractivity contribution in [2.45, 2.75) is 56.4 Å². The van der Waals surface area contributed by atoms with Crippen LogP contribution in [-0.2, 0) is 14.8 Å². The number of fused-ring (bicyclic) bond motifs is 2. The van der Waals surface area contributed by atoms with Crippen LogP contribution in [0.15, 0.2) is 23.1 Å². The van der Waals surface area contributed by atoms with Crippen LogP contribution in [0.5, 0.6) is 0 Å². The summed E-state index contributed by atoms with van der Waals surface area (Å²) in [6.45, 7) is 2.59. The first kappa shape index (κ1) is 16.1. The van der Waals surface area contributed by atoms with Crippen molar-refractivity contribution in [3.05, 3.63) is 23.8 Å². The number of amides is 1. The summed E-state index contributed by atoms with van der Waals surface area (Å²) in [4.78, 5) is 14.0. The number of carbonyl (C=O) groups is 1. The molecule has 1 amide bonds. The van der Waals surface area contributed by atoms with Crippen molar-refractivity contribution in [1.29, 1.82) is 0 Å². The van der Waals surface area contributed by atoms with Gasteiger partial charge in [-0.15, -0.1) is 0 Å². The van der Waals surface area contributed by atoms with Crippen molar-refractivity contribution in [1.82, 2.24) is 4.72 Å². The fourth-order valence-corrected chi connectivity index (χ4v) is 6.06. The average molecular weight is 348 g/mol. The molecule has 5 nitrogen and oxygen atoms in total. The molecule has 3 aliphatic rings. The molecule has 0 radical (unpaired) electrons. The molecular formula is C18H24N2O3S.